The molecule has 0 saturated heterocycles. The maximum absolute atomic E-state index is 12.6. The Bertz CT molecular complexity index is 1100. The van der Waals surface area contributed by atoms with Gasteiger partial charge in [-0.3, -0.25) is 9.10 Å². The molecule has 1 N–H and O–H groups in total. The standard InChI is InChI=1S/C22H26N4O4S/c1-4-21(30-20-11-9-18(10-12-20)25(2)31(3,28)29)22(27)24-15-17-5-7-19(8-6-17)26-14-13-23-16-26/h5-14,16,21H,4,15H2,1-3H3,(H,24,27)/t21-/m1/s1. The quantitative estimate of drug-likeness (QED) is 0.550. The summed E-state index contributed by atoms with van der Waals surface area (Å²) in [5, 5.41) is 2.90. The normalized spacial score (nSPS) is 12.2. The van der Waals surface area contributed by atoms with Gasteiger partial charge in [0.1, 0.15) is 5.75 Å². The largest absolute Gasteiger partial charge is 0.481 e. The summed E-state index contributed by atoms with van der Waals surface area (Å²) in [7, 11) is -1.85. The van der Waals surface area contributed by atoms with Crippen molar-refractivity contribution in [2.24, 2.45) is 0 Å². The first-order valence-electron chi connectivity index (χ1n) is 9.83. The predicted octanol–water partition coefficient (Wildman–Crippen LogP) is 2.74. The highest BCUT2D eigenvalue weighted by atomic mass is 32.2. The number of ether oxygens (including phenoxy) is 1. The van der Waals surface area contributed by atoms with Crippen molar-refractivity contribution < 1.29 is 17.9 Å². The van der Waals surface area contributed by atoms with Crippen LogP contribution >= 0.6 is 0 Å². The zero-order valence-electron chi connectivity index (χ0n) is 17.7. The summed E-state index contributed by atoms with van der Waals surface area (Å²) in [6, 6.07) is 14.4. The van der Waals surface area contributed by atoms with Gasteiger partial charge < -0.3 is 14.6 Å². The lowest BCUT2D eigenvalue weighted by molar-refractivity contribution is -0.128. The molecule has 0 fully saturated rings. The molecule has 31 heavy (non-hydrogen) atoms. The molecular formula is C22H26N4O4S. The first kappa shape index (κ1) is 22.4. The monoisotopic (exact) mass is 442 g/mol. The highest BCUT2D eigenvalue weighted by molar-refractivity contribution is 7.92. The van der Waals surface area contributed by atoms with E-state index in [4.69, 9.17) is 4.74 Å². The van der Waals surface area contributed by atoms with Crippen molar-refractivity contribution in [2.75, 3.05) is 17.6 Å². The molecule has 0 radical (unpaired) electrons. The number of hydrogen-bond acceptors (Lipinski definition) is 5. The van der Waals surface area contributed by atoms with Gasteiger partial charge >= 0.3 is 0 Å². The Hall–Kier alpha value is -3.33. The van der Waals surface area contributed by atoms with Crippen LogP contribution in [0.3, 0.4) is 0 Å². The van der Waals surface area contributed by atoms with E-state index in [1.165, 1.54) is 11.4 Å². The van der Waals surface area contributed by atoms with E-state index in [0.717, 1.165) is 17.5 Å². The van der Waals surface area contributed by atoms with Gasteiger partial charge in [-0.1, -0.05) is 19.1 Å². The van der Waals surface area contributed by atoms with E-state index in [0.29, 0.717) is 24.4 Å². The van der Waals surface area contributed by atoms with Crippen molar-refractivity contribution in [3.05, 3.63) is 72.8 Å². The van der Waals surface area contributed by atoms with Crippen molar-refractivity contribution in [2.45, 2.75) is 26.0 Å². The van der Waals surface area contributed by atoms with Crippen LogP contribution in [0.25, 0.3) is 5.69 Å². The zero-order valence-corrected chi connectivity index (χ0v) is 18.5. The summed E-state index contributed by atoms with van der Waals surface area (Å²) in [5.41, 5.74) is 2.49. The number of aromatic nitrogens is 2. The fraction of sp³-hybridized carbons (Fsp3) is 0.273. The third kappa shape index (κ3) is 5.85. The van der Waals surface area contributed by atoms with Gasteiger partial charge in [0.2, 0.25) is 10.0 Å². The lowest BCUT2D eigenvalue weighted by Crippen LogP contribution is -2.37. The predicted molar refractivity (Wildman–Crippen MR) is 120 cm³/mol. The van der Waals surface area contributed by atoms with Gasteiger partial charge in [0.05, 0.1) is 18.3 Å². The number of anilines is 1. The molecule has 0 spiro atoms. The smallest absolute Gasteiger partial charge is 0.261 e. The minimum absolute atomic E-state index is 0.210. The first-order chi connectivity index (χ1) is 14.8. The maximum Gasteiger partial charge on any atom is 0.261 e. The van der Waals surface area contributed by atoms with Crippen LogP contribution in [0, 0.1) is 0 Å². The number of carbonyl (C=O) groups is 1. The van der Waals surface area contributed by atoms with Crippen molar-refractivity contribution in [3.63, 3.8) is 0 Å². The van der Waals surface area contributed by atoms with Gasteiger partial charge in [0, 0.05) is 31.7 Å². The van der Waals surface area contributed by atoms with E-state index < -0.39 is 16.1 Å². The fourth-order valence-electron chi connectivity index (χ4n) is 2.91. The van der Waals surface area contributed by atoms with Crippen LogP contribution in [0.2, 0.25) is 0 Å². The molecule has 0 aliphatic heterocycles. The number of hydrogen-bond donors (Lipinski definition) is 1. The number of nitrogens with zero attached hydrogens (tertiary/aromatic N) is 3. The molecule has 8 nitrogen and oxygen atoms in total. The molecule has 0 unspecified atom stereocenters. The van der Waals surface area contributed by atoms with E-state index in [1.54, 1.807) is 36.8 Å². The minimum Gasteiger partial charge on any atom is -0.481 e. The molecule has 3 aromatic rings. The minimum atomic E-state index is -3.34. The number of carbonyl (C=O) groups excluding carboxylic acids is 1. The number of rotatable bonds is 9. The zero-order chi connectivity index (χ0) is 22.4. The topological polar surface area (TPSA) is 93.5 Å². The van der Waals surface area contributed by atoms with Gasteiger partial charge in [0.25, 0.3) is 5.91 Å². The molecular weight excluding hydrogens is 416 g/mol. The molecule has 1 heterocycles. The highest BCUT2D eigenvalue weighted by Crippen LogP contribution is 2.21. The molecule has 2 aromatic carbocycles. The van der Waals surface area contributed by atoms with E-state index >= 15 is 0 Å². The van der Waals surface area contributed by atoms with E-state index in [-0.39, 0.29) is 5.91 Å². The molecule has 0 bridgehead atoms. The number of amides is 1. The number of imidazole rings is 1. The molecule has 1 atom stereocenters. The second-order valence-corrected chi connectivity index (χ2v) is 9.11. The summed E-state index contributed by atoms with van der Waals surface area (Å²) < 4.78 is 32.2. The lowest BCUT2D eigenvalue weighted by atomic mass is 10.2. The number of sulfonamides is 1. The Morgan fingerprint density at radius 3 is 2.39 bits per heavy atom. The Morgan fingerprint density at radius 2 is 1.84 bits per heavy atom. The second-order valence-electron chi connectivity index (χ2n) is 7.09. The molecule has 0 saturated carbocycles. The molecule has 1 amide bonds. The molecule has 1 aromatic heterocycles. The van der Waals surface area contributed by atoms with Crippen LogP contribution < -0.4 is 14.4 Å². The Balaban J connectivity index is 1.56. The summed E-state index contributed by atoms with van der Waals surface area (Å²) in [6.07, 6.45) is 6.30. The fourth-order valence-corrected chi connectivity index (χ4v) is 3.42. The lowest BCUT2D eigenvalue weighted by Gasteiger charge is -2.19. The molecule has 164 valence electrons. The molecule has 0 aliphatic rings. The Morgan fingerprint density at radius 1 is 1.16 bits per heavy atom. The van der Waals surface area contributed by atoms with Crippen molar-refractivity contribution in [3.8, 4) is 11.4 Å². The maximum atomic E-state index is 12.6. The third-order valence-corrected chi connectivity index (χ3v) is 6.05. The average Bonchev–Trinajstić information content (AvgIpc) is 3.30. The van der Waals surface area contributed by atoms with Crippen molar-refractivity contribution >= 4 is 21.6 Å². The molecule has 0 aliphatic carbocycles. The number of nitrogens with one attached hydrogen (secondary N) is 1. The second kappa shape index (κ2) is 9.65. The van der Waals surface area contributed by atoms with Crippen LogP contribution in [-0.4, -0.2) is 43.3 Å². The van der Waals surface area contributed by atoms with Gasteiger partial charge in [-0.2, -0.15) is 0 Å². The first-order valence-corrected chi connectivity index (χ1v) is 11.7. The molecule has 3 rings (SSSR count). The Labute approximate surface area is 182 Å². The van der Waals surface area contributed by atoms with Gasteiger partial charge in [0.15, 0.2) is 6.10 Å². The van der Waals surface area contributed by atoms with Crippen LogP contribution in [-0.2, 0) is 21.4 Å². The summed E-state index contributed by atoms with van der Waals surface area (Å²) in [6.45, 7) is 2.26. The van der Waals surface area contributed by atoms with Gasteiger partial charge in [-0.15, -0.1) is 0 Å². The highest BCUT2D eigenvalue weighted by Gasteiger charge is 2.18. The van der Waals surface area contributed by atoms with Crippen LogP contribution in [0.5, 0.6) is 5.75 Å². The summed E-state index contributed by atoms with van der Waals surface area (Å²) >= 11 is 0. The third-order valence-electron chi connectivity index (χ3n) is 4.84. The van der Waals surface area contributed by atoms with Crippen molar-refractivity contribution in [1.82, 2.24) is 14.9 Å². The van der Waals surface area contributed by atoms with Gasteiger partial charge in [-0.25, -0.2) is 13.4 Å². The van der Waals surface area contributed by atoms with Crippen LogP contribution in [0.4, 0.5) is 5.69 Å². The molecule has 9 heteroatoms. The summed E-state index contributed by atoms with van der Waals surface area (Å²) in [4.78, 5) is 16.6. The van der Waals surface area contributed by atoms with Crippen LogP contribution in [0.15, 0.2) is 67.3 Å². The SMILES string of the molecule is CC[C@@H](Oc1ccc(N(C)S(C)(=O)=O)cc1)C(=O)NCc1ccc(-n2ccnc2)cc1. The van der Waals surface area contributed by atoms with Crippen molar-refractivity contribution in [1.29, 1.82) is 0 Å². The van der Waals surface area contributed by atoms with Crippen LogP contribution in [0.1, 0.15) is 18.9 Å². The van der Waals surface area contributed by atoms with E-state index in [1.807, 2.05) is 42.0 Å². The number of benzene rings is 2. The van der Waals surface area contributed by atoms with E-state index in [9.17, 15) is 13.2 Å². The average molecular weight is 443 g/mol. The van der Waals surface area contributed by atoms with Gasteiger partial charge in [-0.05, 0) is 48.4 Å². The van der Waals surface area contributed by atoms with E-state index in [2.05, 4.69) is 10.3 Å². The Kier molecular flexibility index (Phi) is 6.96. The summed E-state index contributed by atoms with van der Waals surface area (Å²) in [5.74, 6) is 0.288.